The maximum absolute atomic E-state index is 4.92. The molecule has 0 radical (unpaired) electrons. The molecular weight excluding hydrogens is 242 g/mol. The van der Waals surface area contributed by atoms with E-state index in [9.17, 15) is 0 Å². The summed E-state index contributed by atoms with van der Waals surface area (Å²) < 4.78 is 1.12. The second-order valence-electron chi connectivity index (χ2n) is 2.28. The van der Waals surface area contributed by atoms with Crippen molar-refractivity contribution in [2.24, 2.45) is 0 Å². The largest absolute Gasteiger partial charge is 0.311 e. The fourth-order valence-corrected chi connectivity index (χ4v) is 2.24. The lowest BCUT2D eigenvalue weighted by atomic mass is 10.6. The quantitative estimate of drug-likeness (QED) is 0.334. The Bertz CT molecular complexity index is 354. The molecule has 0 fully saturated rings. The van der Waals surface area contributed by atoms with Gasteiger partial charge < -0.3 is 9.97 Å². The molecule has 0 saturated heterocycles. The standard InChI is InChI=1S/C6H9N3S4/c1-2-3(10)13-6-8-4(11)7-5(12)9-6/h3,10H,2H2,1H3,(H2,7,8,9,11,12). The molecule has 0 saturated carbocycles. The molecule has 0 bridgehead atoms. The van der Waals surface area contributed by atoms with Gasteiger partial charge in [-0.15, -0.1) is 0 Å². The monoisotopic (exact) mass is 251 g/mol. The summed E-state index contributed by atoms with van der Waals surface area (Å²) in [5.74, 6) is 0. The normalized spacial score (nSPS) is 12.8. The Balaban J connectivity index is 2.90. The zero-order valence-corrected chi connectivity index (χ0v) is 10.2. The van der Waals surface area contributed by atoms with Gasteiger partial charge in [0.1, 0.15) is 0 Å². The fraction of sp³-hybridized carbons (Fsp3) is 0.500. The number of thiol groups is 1. The zero-order valence-electron chi connectivity index (χ0n) is 6.90. The van der Waals surface area contributed by atoms with E-state index in [1.54, 1.807) is 0 Å². The van der Waals surface area contributed by atoms with Crippen LogP contribution in [0.4, 0.5) is 0 Å². The Hall–Kier alpha value is 0.150. The third-order valence-electron chi connectivity index (χ3n) is 1.24. The van der Waals surface area contributed by atoms with Crippen molar-refractivity contribution >= 4 is 48.8 Å². The highest BCUT2D eigenvalue weighted by molar-refractivity contribution is 8.10. The number of thioether (sulfide) groups is 1. The second kappa shape index (κ2) is 5.14. The number of rotatable bonds is 3. The van der Waals surface area contributed by atoms with E-state index in [2.05, 4.69) is 34.5 Å². The minimum atomic E-state index is 0.218. The van der Waals surface area contributed by atoms with Crippen LogP contribution < -0.4 is 0 Å². The van der Waals surface area contributed by atoms with Gasteiger partial charge in [-0.1, -0.05) is 18.7 Å². The Labute approximate surface area is 96.2 Å². The summed E-state index contributed by atoms with van der Waals surface area (Å²) in [6, 6.07) is 0. The first kappa shape index (κ1) is 11.2. The molecule has 13 heavy (non-hydrogen) atoms. The number of nitrogens with one attached hydrogen (secondary N) is 2. The van der Waals surface area contributed by atoms with E-state index in [4.69, 9.17) is 24.4 Å². The maximum Gasteiger partial charge on any atom is 0.201 e. The molecule has 0 aliphatic heterocycles. The first-order valence-electron chi connectivity index (χ1n) is 3.67. The van der Waals surface area contributed by atoms with Crippen molar-refractivity contribution in [3.63, 3.8) is 0 Å². The molecule has 0 spiro atoms. The molecule has 1 rings (SSSR count). The SMILES string of the molecule is CCC(S)Sc1nc(=S)[nH]c(=S)[nH]1. The van der Waals surface area contributed by atoms with Crippen LogP contribution in [0.2, 0.25) is 0 Å². The minimum absolute atomic E-state index is 0.218. The predicted octanol–water partition coefficient (Wildman–Crippen LogP) is 2.95. The molecule has 0 aromatic carbocycles. The van der Waals surface area contributed by atoms with Gasteiger partial charge in [0.15, 0.2) is 9.93 Å². The van der Waals surface area contributed by atoms with Crippen LogP contribution in [0.15, 0.2) is 5.16 Å². The zero-order chi connectivity index (χ0) is 9.84. The molecule has 0 amide bonds. The molecule has 2 N–H and O–H groups in total. The Kier molecular flexibility index (Phi) is 4.43. The van der Waals surface area contributed by atoms with Gasteiger partial charge in [-0.25, -0.2) is 0 Å². The average Bonchev–Trinajstić information content (AvgIpc) is 2.02. The van der Waals surface area contributed by atoms with E-state index in [1.165, 1.54) is 11.8 Å². The molecule has 0 aliphatic rings. The lowest BCUT2D eigenvalue weighted by Crippen LogP contribution is -1.95. The number of nitrogens with zero attached hydrogens (tertiary/aromatic N) is 1. The predicted molar refractivity (Wildman–Crippen MR) is 63.5 cm³/mol. The summed E-state index contributed by atoms with van der Waals surface area (Å²) in [6.45, 7) is 2.06. The lowest BCUT2D eigenvalue weighted by molar-refractivity contribution is 0.868. The van der Waals surface area contributed by atoms with E-state index in [-0.39, 0.29) is 4.58 Å². The van der Waals surface area contributed by atoms with Crippen LogP contribution in [0.3, 0.4) is 0 Å². The first-order valence-corrected chi connectivity index (χ1v) is 5.88. The van der Waals surface area contributed by atoms with Crippen LogP contribution in [-0.4, -0.2) is 19.5 Å². The van der Waals surface area contributed by atoms with Crippen molar-refractivity contribution in [3.8, 4) is 0 Å². The van der Waals surface area contributed by atoms with Gasteiger partial charge in [0.2, 0.25) is 4.77 Å². The second-order valence-corrected chi connectivity index (χ2v) is 5.24. The number of aromatic nitrogens is 3. The van der Waals surface area contributed by atoms with E-state index >= 15 is 0 Å². The Morgan fingerprint density at radius 3 is 2.77 bits per heavy atom. The van der Waals surface area contributed by atoms with Gasteiger partial charge >= 0.3 is 0 Å². The molecule has 1 aromatic heterocycles. The topological polar surface area (TPSA) is 44.5 Å². The van der Waals surface area contributed by atoms with Gasteiger partial charge in [0.25, 0.3) is 0 Å². The third kappa shape index (κ3) is 3.80. The van der Waals surface area contributed by atoms with Crippen LogP contribution >= 0.6 is 48.8 Å². The molecular formula is C6H9N3S4. The lowest BCUT2D eigenvalue weighted by Gasteiger charge is -2.05. The van der Waals surface area contributed by atoms with Gasteiger partial charge in [-0.2, -0.15) is 17.6 Å². The minimum Gasteiger partial charge on any atom is -0.311 e. The molecule has 3 nitrogen and oxygen atoms in total. The van der Waals surface area contributed by atoms with E-state index in [0.29, 0.717) is 9.54 Å². The molecule has 7 heteroatoms. The molecule has 1 atom stereocenters. The third-order valence-corrected chi connectivity index (χ3v) is 3.34. The van der Waals surface area contributed by atoms with Crippen molar-refractivity contribution in [1.29, 1.82) is 0 Å². The highest BCUT2D eigenvalue weighted by atomic mass is 32.2. The maximum atomic E-state index is 4.92. The molecule has 1 unspecified atom stereocenters. The molecule has 0 aliphatic carbocycles. The van der Waals surface area contributed by atoms with Gasteiger partial charge in [-0.3, -0.25) is 0 Å². The van der Waals surface area contributed by atoms with Crippen molar-refractivity contribution in [2.45, 2.75) is 23.1 Å². The van der Waals surface area contributed by atoms with Crippen molar-refractivity contribution in [3.05, 3.63) is 9.54 Å². The number of hydrogen-bond donors (Lipinski definition) is 3. The number of aromatic amines is 2. The first-order chi connectivity index (χ1) is 6.11. The van der Waals surface area contributed by atoms with Crippen molar-refractivity contribution < 1.29 is 0 Å². The fourth-order valence-electron chi connectivity index (χ4n) is 0.642. The summed E-state index contributed by atoms with van der Waals surface area (Å²) >= 11 is 15.7. The summed E-state index contributed by atoms with van der Waals surface area (Å²) in [5, 5.41) is 0.718. The van der Waals surface area contributed by atoms with Gasteiger partial charge in [0, 0.05) is 0 Å². The van der Waals surface area contributed by atoms with E-state index < -0.39 is 0 Å². The number of H-pyrrole nitrogens is 2. The molecule has 1 heterocycles. The van der Waals surface area contributed by atoms with E-state index in [0.717, 1.165) is 11.6 Å². The summed E-state index contributed by atoms with van der Waals surface area (Å²) in [5.41, 5.74) is 0. The summed E-state index contributed by atoms with van der Waals surface area (Å²) in [4.78, 5) is 9.71. The smallest absolute Gasteiger partial charge is 0.201 e. The molecule has 1 aromatic rings. The Morgan fingerprint density at radius 2 is 2.23 bits per heavy atom. The highest BCUT2D eigenvalue weighted by Crippen LogP contribution is 2.23. The molecule has 72 valence electrons. The van der Waals surface area contributed by atoms with Crippen LogP contribution in [-0.2, 0) is 0 Å². The van der Waals surface area contributed by atoms with Crippen LogP contribution in [0.1, 0.15) is 13.3 Å². The van der Waals surface area contributed by atoms with Gasteiger partial charge in [0.05, 0.1) is 4.58 Å². The van der Waals surface area contributed by atoms with Crippen LogP contribution in [0.25, 0.3) is 0 Å². The van der Waals surface area contributed by atoms with Gasteiger partial charge in [-0.05, 0) is 30.9 Å². The summed E-state index contributed by atoms with van der Waals surface area (Å²) in [6.07, 6.45) is 0.960. The van der Waals surface area contributed by atoms with Crippen molar-refractivity contribution in [1.82, 2.24) is 15.0 Å². The Morgan fingerprint density at radius 1 is 1.54 bits per heavy atom. The van der Waals surface area contributed by atoms with Crippen molar-refractivity contribution in [2.75, 3.05) is 0 Å². The van der Waals surface area contributed by atoms with Crippen LogP contribution in [0.5, 0.6) is 0 Å². The van der Waals surface area contributed by atoms with Crippen LogP contribution in [0, 0.1) is 9.54 Å². The highest BCUT2D eigenvalue weighted by Gasteiger charge is 2.03. The van der Waals surface area contributed by atoms with E-state index in [1.807, 2.05) is 0 Å². The summed E-state index contributed by atoms with van der Waals surface area (Å²) in [7, 11) is 0. The average molecular weight is 251 g/mol. The number of hydrogen-bond acceptors (Lipinski definition) is 5.